The van der Waals surface area contributed by atoms with Gasteiger partial charge in [-0.3, -0.25) is 4.79 Å². The number of hydrogen-bond acceptors (Lipinski definition) is 5. The average Bonchev–Trinajstić information content (AvgIpc) is 3.21. The van der Waals surface area contributed by atoms with Gasteiger partial charge < -0.3 is 24.2 Å². The minimum Gasteiger partial charge on any atom is -0.454 e. The second-order valence-corrected chi connectivity index (χ2v) is 7.04. The first-order valence-corrected chi connectivity index (χ1v) is 8.49. The molecule has 1 aliphatic carbocycles. The van der Waals surface area contributed by atoms with E-state index in [1.807, 2.05) is 18.2 Å². The maximum Gasteiger partial charge on any atom is 0.231 e. The molecular weight excluding hydrogens is 310 g/mol. The van der Waals surface area contributed by atoms with Crippen molar-refractivity contribution in [1.29, 1.82) is 0 Å². The smallest absolute Gasteiger partial charge is 0.231 e. The fourth-order valence-electron chi connectivity index (χ4n) is 3.83. The van der Waals surface area contributed by atoms with E-state index in [2.05, 4.69) is 0 Å². The molecular formula is C18H23NO5. The van der Waals surface area contributed by atoms with Gasteiger partial charge in [-0.15, -0.1) is 0 Å². The Morgan fingerprint density at radius 3 is 2.88 bits per heavy atom. The number of aliphatic hydroxyl groups is 1. The fraction of sp³-hybridized carbons (Fsp3) is 0.611. The largest absolute Gasteiger partial charge is 0.454 e. The zero-order valence-electron chi connectivity index (χ0n) is 13.9. The molecule has 4 rings (SSSR count). The van der Waals surface area contributed by atoms with E-state index < -0.39 is 6.10 Å². The highest BCUT2D eigenvalue weighted by molar-refractivity contribution is 5.85. The number of fused-ring (bicyclic) bond motifs is 1. The van der Waals surface area contributed by atoms with Gasteiger partial charge in [-0.05, 0) is 37.0 Å². The molecule has 0 unspecified atom stereocenters. The molecule has 1 saturated heterocycles. The van der Waals surface area contributed by atoms with Crippen molar-refractivity contribution < 1.29 is 24.1 Å². The predicted molar refractivity (Wildman–Crippen MR) is 86.1 cm³/mol. The number of methoxy groups -OCH3 is 1. The van der Waals surface area contributed by atoms with Crippen LogP contribution in [0.1, 0.15) is 30.7 Å². The summed E-state index contributed by atoms with van der Waals surface area (Å²) in [5.74, 6) is 1.62. The van der Waals surface area contributed by atoms with Crippen molar-refractivity contribution in [2.24, 2.45) is 5.41 Å². The van der Waals surface area contributed by atoms with E-state index in [-0.39, 0.29) is 24.0 Å². The van der Waals surface area contributed by atoms with Crippen LogP contribution in [0.4, 0.5) is 0 Å². The van der Waals surface area contributed by atoms with Gasteiger partial charge in [0.1, 0.15) is 0 Å². The second-order valence-electron chi connectivity index (χ2n) is 7.04. The highest BCUT2D eigenvalue weighted by Crippen LogP contribution is 2.48. The van der Waals surface area contributed by atoms with Crippen LogP contribution in [0.15, 0.2) is 18.2 Å². The standard InChI is InChI=1S/C18H23NO5/c1-22-10-18(5-6-18)17(21)19-7-4-13(14(20)9-19)12-2-3-15-16(8-12)24-11-23-15/h2-3,8,13-14,20H,4-7,9-11H2,1H3/t13-,14+/m0/s1. The molecule has 0 aromatic heterocycles. The maximum atomic E-state index is 12.7. The summed E-state index contributed by atoms with van der Waals surface area (Å²) in [6, 6.07) is 5.81. The number of nitrogens with zero attached hydrogens (tertiary/aromatic N) is 1. The molecule has 0 radical (unpaired) electrons. The summed E-state index contributed by atoms with van der Waals surface area (Å²) < 4.78 is 16.0. The van der Waals surface area contributed by atoms with Gasteiger partial charge in [-0.1, -0.05) is 6.07 Å². The summed E-state index contributed by atoms with van der Waals surface area (Å²) in [6.45, 7) is 1.77. The first-order chi connectivity index (χ1) is 11.6. The Hall–Kier alpha value is -1.79. The lowest BCUT2D eigenvalue weighted by Crippen LogP contribution is -2.49. The monoisotopic (exact) mass is 333 g/mol. The number of amides is 1. The molecule has 6 nitrogen and oxygen atoms in total. The van der Waals surface area contributed by atoms with Gasteiger partial charge in [0, 0.05) is 26.1 Å². The van der Waals surface area contributed by atoms with Crippen molar-refractivity contribution in [2.45, 2.75) is 31.3 Å². The number of carbonyl (C=O) groups is 1. The number of benzene rings is 1. The minimum atomic E-state index is -0.568. The third-order valence-electron chi connectivity index (χ3n) is 5.42. The molecule has 0 bridgehead atoms. The lowest BCUT2D eigenvalue weighted by Gasteiger charge is -2.38. The van der Waals surface area contributed by atoms with E-state index in [1.165, 1.54) is 0 Å². The number of piperidine rings is 1. The van der Waals surface area contributed by atoms with E-state index >= 15 is 0 Å². The van der Waals surface area contributed by atoms with Crippen molar-refractivity contribution in [3.8, 4) is 11.5 Å². The first kappa shape index (κ1) is 15.7. The molecule has 2 aliphatic heterocycles. The number of ether oxygens (including phenoxy) is 3. The Kier molecular flexibility index (Phi) is 3.89. The second kappa shape index (κ2) is 5.93. The number of likely N-dealkylation sites (tertiary alicyclic amines) is 1. The van der Waals surface area contributed by atoms with Gasteiger partial charge in [0.15, 0.2) is 11.5 Å². The minimum absolute atomic E-state index is 0.0149. The lowest BCUT2D eigenvalue weighted by atomic mass is 9.86. The molecule has 3 aliphatic rings. The van der Waals surface area contributed by atoms with Crippen LogP contribution in [0.5, 0.6) is 11.5 Å². The van der Waals surface area contributed by atoms with Gasteiger partial charge in [0.2, 0.25) is 12.7 Å². The Labute approximate surface area is 141 Å². The van der Waals surface area contributed by atoms with E-state index in [0.29, 0.717) is 19.7 Å². The van der Waals surface area contributed by atoms with Crippen LogP contribution in [0.2, 0.25) is 0 Å². The number of hydrogen-bond donors (Lipinski definition) is 1. The zero-order chi connectivity index (χ0) is 16.7. The molecule has 1 N–H and O–H groups in total. The topological polar surface area (TPSA) is 68.2 Å². The summed E-state index contributed by atoms with van der Waals surface area (Å²) in [6.07, 6.45) is 1.95. The third kappa shape index (κ3) is 2.63. The molecule has 2 fully saturated rings. The van der Waals surface area contributed by atoms with Crippen molar-refractivity contribution in [3.63, 3.8) is 0 Å². The highest BCUT2D eigenvalue weighted by Gasteiger charge is 2.52. The van der Waals surface area contributed by atoms with Crippen molar-refractivity contribution in [1.82, 2.24) is 4.90 Å². The van der Waals surface area contributed by atoms with Crippen LogP contribution < -0.4 is 9.47 Å². The maximum absolute atomic E-state index is 12.7. The third-order valence-corrected chi connectivity index (χ3v) is 5.42. The number of β-amino-alcohol motifs (C(OH)–C–C–N with tert-alkyl or cyclic N) is 1. The molecule has 2 heterocycles. The summed E-state index contributed by atoms with van der Waals surface area (Å²) in [7, 11) is 1.63. The molecule has 2 atom stereocenters. The molecule has 6 heteroatoms. The number of carbonyl (C=O) groups excluding carboxylic acids is 1. The van der Waals surface area contributed by atoms with Crippen LogP contribution in [0, 0.1) is 5.41 Å². The number of rotatable bonds is 4. The van der Waals surface area contributed by atoms with Crippen LogP contribution in [0.3, 0.4) is 0 Å². The highest BCUT2D eigenvalue weighted by atomic mass is 16.7. The van der Waals surface area contributed by atoms with Crippen molar-refractivity contribution in [3.05, 3.63) is 23.8 Å². The Bertz CT molecular complexity index is 642. The van der Waals surface area contributed by atoms with Crippen molar-refractivity contribution in [2.75, 3.05) is 33.6 Å². The normalized spacial score (nSPS) is 27.2. The summed E-state index contributed by atoms with van der Waals surface area (Å²) in [5, 5.41) is 10.6. The van der Waals surface area contributed by atoms with Gasteiger partial charge in [0.25, 0.3) is 0 Å². The summed E-state index contributed by atoms with van der Waals surface area (Å²) in [5.41, 5.74) is 0.705. The molecule has 1 aromatic rings. The Balaban J connectivity index is 1.44. The van der Waals surface area contributed by atoms with Crippen LogP contribution in [-0.2, 0) is 9.53 Å². The molecule has 1 aromatic carbocycles. The van der Waals surface area contributed by atoms with Crippen LogP contribution in [0.25, 0.3) is 0 Å². The summed E-state index contributed by atoms with van der Waals surface area (Å²) in [4.78, 5) is 14.5. The van der Waals surface area contributed by atoms with Gasteiger partial charge in [-0.25, -0.2) is 0 Å². The molecule has 0 spiro atoms. The Morgan fingerprint density at radius 2 is 2.17 bits per heavy atom. The van der Waals surface area contributed by atoms with Crippen molar-refractivity contribution >= 4 is 5.91 Å². The van der Waals surface area contributed by atoms with Gasteiger partial charge in [-0.2, -0.15) is 0 Å². The zero-order valence-corrected chi connectivity index (χ0v) is 13.9. The SMILES string of the molecule is COCC1(C(=O)N2CC[C@@H](c3ccc4c(c3)OCO4)[C@H](O)C2)CC1. The molecule has 24 heavy (non-hydrogen) atoms. The quantitative estimate of drug-likeness (QED) is 0.905. The molecule has 1 amide bonds. The predicted octanol–water partition coefficient (Wildman–Crippen LogP) is 1.52. The first-order valence-electron chi connectivity index (χ1n) is 8.49. The average molecular weight is 333 g/mol. The van der Waals surface area contributed by atoms with E-state index in [9.17, 15) is 9.90 Å². The number of aliphatic hydroxyl groups excluding tert-OH is 1. The van der Waals surface area contributed by atoms with Gasteiger partial charge >= 0.3 is 0 Å². The molecule has 130 valence electrons. The Morgan fingerprint density at radius 1 is 1.38 bits per heavy atom. The van der Waals surface area contributed by atoms with E-state index in [4.69, 9.17) is 14.2 Å². The summed E-state index contributed by atoms with van der Waals surface area (Å²) >= 11 is 0. The van der Waals surface area contributed by atoms with Gasteiger partial charge in [0.05, 0.1) is 18.1 Å². The lowest BCUT2D eigenvalue weighted by molar-refractivity contribution is -0.142. The van der Waals surface area contributed by atoms with E-state index in [1.54, 1.807) is 12.0 Å². The van der Waals surface area contributed by atoms with Crippen LogP contribution >= 0.6 is 0 Å². The van der Waals surface area contributed by atoms with E-state index in [0.717, 1.165) is 36.3 Å². The van der Waals surface area contributed by atoms with Crippen LogP contribution in [-0.4, -0.2) is 55.6 Å². The molecule has 1 saturated carbocycles. The fourth-order valence-corrected chi connectivity index (χ4v) is 3.83.